The van der Waals surface area contributed by atoms with E-state index < -0.39 is 0 Å². The molecule has 9 heteroatoms. The van der Waals surface area contributed by atoms with Gasteiger partial charge in [0.25, 0.3) is 0 Å². The first-order chi connectivity index (χ1) is 15.4. The average Bonchev–Trinajstić information content (AvgIpc) is 3.12. The summed E-state index contributed by atoms with van der Waals surface area (Å²) in [5.41, 5.74) is 4.71. The first-order valence-electron chi connectivity index (χ1n) is 10.9. The number of anilines is 1. The molecule has 33 heavy (non-hydrogen) atoms. The number of aromatic nitrogens is 4. The predicted octanol–water partition coefficient (Wildman–Crippen LogP) is 2.63. The van der Waals surface area contributed by atoms with Crippen molar-refractivity contribution < 1.29 is 4.79 Å². The molecule has 1 aliphatic rings. The number of hydrogen-bond acceptors (Lipinski definition) is 6. The molecule has 3 heterocycles. The van der Waals surface area contributed by atoms with Crippen LogP contribution in [-0.4, -0.2) is 69.2 Å². The minimum atomic E-state index is 0. The largest absolute Gasteiger partial charge is 0.352 e. The molecule has 1 aliphatic heterocycles. The smallest absolute Gasteiger partial charge is 0.226 e. The van der Waals surface area contributed by atoms with Crippen LogP contribution in [0.25, 0.3) is 0 Å². The topological polar surface area (TPSA) is 70.4 Å². The highest BCUT2D eigenvalue weighted by atomic mass is 35.5. The maximum Gasteiger partial charge on any atom is 0.226 e. The SMILES string of the molecule is Cc1c(CN2CCN(c3cnccn3)CC2c2ccc(CC(=O)N(C)C)cc2)cnn1C.Cl. The Morgan fingerprint density at radius 2 is 1.88 bits per heavy atom. The molecule has 1 unspecified atom stereocenters. The molecule has 8 nitrogen and oxygen atoms in total. The predicted molar refractivity (Wildman–Crippen MR) is 131 cm³/mol. The molecular weight excluding hydrogens is 438 g/mol. The minimum absolute atomic E-state index is 0. The van der Waals surface area contributed by atoms with Gasteiger partial charge < -0.3 is 9.80 Å². The second kappa shape index (κ2) is 10.8. The van der Waals surface area contributed by atoms with Crippen molar-refractivity contribution in [2.75, 3.05) is 38.6 Å². The molecule has 0 saturated carbocycles. The Hall–Kier alpha value is -2.97. The molecule has 1 atom stereocenters. The Bertz CT molecular complexity index is 1050. The number of carbonyl (C=O) groups is 1. The Labute approximate surface area is 201 Å². The van der Waals surface area contributed by atoms with Crippen LogP contribution in [0.1, 0.15) is 28.4 Å². The first kappa shape index (κ1) is 24.7. The van der Waals surface area contributed by atoms with Gasteiger partial charge in [-0.15, -0.1) is 12.4 Å². The van der Waals surface area contributed by atoms with Crippen LogP contribution in [0, 0.1) is 6.92 Å². The Morgan fingerprint density at radius 1 is 1.12 bits per heavy atom. The Balaban J connectivity index is 0.00000306. The van der Waals surface area contributed by atoms with Crippen molar-refractivity contribution in [1.29, 1.82) is 0 Å². The molecule has 176 valence electrons. The number of amides is 1. The van der Waals surface area contributed by atoms with Crippen molar-refractivity contribution >= 4 is 24.1 Å². The van der Waals surface area contributed by atoms with Gasteiger partial charge >= 0.3 is 0 Å². The van der Waals surface area contributed by atoms with Gasteiger partial charge in [0.1, 0.15) is 5.82 Å². The van der Waals surface area contributed by atoms with Gasteiger partial charge in [0.15, 0.2) is 0 Å². The minimum Gasteiger partial charge on any atom is -0.352 e. The zero-order valence-electron chi connectivity index (χ0n) is 19.7. The lowest BCUT2D eigenvalue weighted by atomic mass is 9.99. The van der Waals surface area contributed by atoms with Gasteiger partial charge in [0, 0.05) is 71.0 Å². The summed E-state index contributed by atoms with van der Waals surface area (Å²) >= 11 is 0. The monoisotopic (exact) mass is 469 g/mol. The van der Waals surface area contributed by atoms with Crippen LogP contribution in [0.5, 0.6) is 0 Å². The highest BCUT2D eigenvalue weighted by Gasteiger charge is 2.30. The average molecular weight is 470 g/mol. The fraction of sp³-hybridized carbons (Fsp3) is 0.417. The summed E-state index contributed by atoms with van der Waals surface area (Å²) in [4.78, 5) is 27.3. The molecule has 0 spiro atoms. The van der Waals surface area contributed by atoms with Gasteiger partial charge in [0.2, 0.25) is 5.91 Å². The number of rotatable bonds is 6. The normalized spacial score (nSPS) is 16.4. The molecule has 3 aromatic rings. The summed E-state index contributed by atoms with van der Waals surface area (Å²) in [5.74, 6) is 1.01. The van der Waals surface area contributed by atoms with Gasteiger partial charge in [-0.05, 0) is 18.1 Å². The van der Waals surface area contributed by atoms with E-state index in [0.717, 1.165) is 37.6 Å². The number of nitrogens with zero attached hydrogens (tertiary/aromatic N) is 7. The number of likely N-dealkylation sites (N-methyl/N-ethyl adjacent to an activating group) is 1. The standard InChI is InChI=1S/C24H31N7O.ClH/c1-18-21(14-27-29(18)4)16-30-11-12-31(23-15-25-9-10-26-23)17-22(30)20-7-5-19(6-8-20)13-24(32)28(2)3;/h5-10,14-15,22H,11-13,16-17H2,1-4H3;1H. The third kappa shape index (κ3) is 5.69. The van der Waals surface area contributed by atoms with Gasteiger partial charge in [-0.3, -0.25) is 19.4 Å². The van der Waals surface area contributed by atoms with Crippen molar-refractivity contribution in [2.24, 2.45) is 7.05 Å². The zero-order chi connectivity index (χ0) is 22.7. The molecule has 2 aromatic heterocycles. The number of aryl methyl sites for hydroxylation is 1. The lowest BCUT2D eigenvalue weighted by Crippen LogP contribution is -2.48. The van der Waals surface area contributed by atoms with Crippen molar-refractivity contribution in [2.45, 2.75) is 25.9 Å². The van der Waals surface area contributed by atoms with E-state index in [1.165, 1.54) is 16.8 Å². The van der Waals surface area contributed by atoms with E-state index in [-0.39, 0.29) is 24.4 Å². The number of halogens is 1. The van der Waals surface area contributed by atoms with Crippen LogP contribution >= 0.6 is 12.4 Å². The lowest BCUT2D eigenvalue weighted by molar-refractivity contribution is -0.127. The van der Waals surface area contributed by atoms with E-state index in [4.69, 9.17) is 0 Å². The molecular formula is C24H32ClN7O. The molecule has 1 amide bonds. The summed E-state index contributed by atoms with van der Waals surface area (Å²) in [6.45, 7) is 5.59. The van der Waals surface area contributed by atoms with Crippen molar-refractivity contribution in [3.63, 3.8) is 0 Å². The summed E-state index contributed by atoms with van der Waals surface area (Å²) < 4.78 is 1.93. The molecule has 1 fully saturated rings. The Kier molecular flexibility index (Phi) is 8.05. The summed E-state index contributed by atoms with van der Waals surface area (Å²) in [7, 11) is 5.56. The van der Waals surface area contributed by atoms with E-state index in [1.54, 1.807) is 31.4 Å². The molecule has 4 rings (SSSR count). The van der Waals surface area contributed by atoms with Crippen LogP contribution in [0.3, 0.4) is 0 Å². The molecule has 0 bridgehead atoms. The van der Waals surface area contributed by atoms with Crippen LogP contribution in [-0.2, 0) is 24.8 Å². The fourth-order valence-corrected chi connectivity index (χ4v) is 4.10. The second-order valence-corrected chi connectivity index (χ2v) is 8.58. The molecule has 1 aromatic carbocycles. The highest BCUT2D eigenvalue weighted by Crippen LogP contribution is 2.30. The third-order valence-corrected chi connectivity index (χ3v) is 6.29. The molecule has 0 radical (unpaired) electrons. The third-order valence-electron chi connectivity index (χ3n) is 6.29. The number of benzene rings is 1. The fourth-order valence-electron chi connectivity index (χ4n) is 4.10. The van der Waals surface area contributed by atoms with E-state index in [2.05, 4.69) is 56.1 Å². The van der Waals surface area contributed by atoms with E-state index in [0.29, 0.717) is 6.42 Å². The maximum absolute atomic E-state index is 12.1. The highest BCUT2D eigenvalue weighted by molar-refractivity contribution is 5.85. The first-order valence-corrected chi connectivity index (χ1v) is 10.9. The second-order valence-electron chi connectivity index (χ2n) is 8.58. The van der Waals surface area contributed by atoms with E-state index in [9.17, 15) is 4.79 Å². The van der Waals surface area contributed by atoms with E-state index in [1.807, 2.05) is 24.1 Å². The van der Waals surface area contributed by atoms with Crippen LogP contribution in [0.4, 0.5) is 5.82 Å². The van der Waals surface area contributed by atoms with Gasteiger partial charge in [-0.1, -0.05) is 24.3 Å². The van der Waals surface area contributed by atoms with Crippen LogP contribution in [0.2, 0.25) is 0 Å². The van der Waals surface area contributed by atoms with Gasteiger partial charge in [-0.25, -0.2) is 4.98 Å². The quantitative estimate of drug-likeness (QED) is 0.552. The van der Waals surface area contributed by atoms with Crippen LogP contribution < -0.4 is 4.90 Å². The van der Waals surface area contributed by atoms with Crippen molar-refractivity contribution in [3.8, 4) is 0 Å². The molecule has 0 aliphatic carbocycles. The summed E-state index contributed by atoms with van der Waals surface area (Å²) in [5, 5.41) is 4.42. The lowest BCUT2D eigenvalue weighted by Gasteiger charge is -2.42. The van der Waals surface area contributed by atoms with Crippen molar-refractivity contribution in [1.82, 2.24) is 29.5 Å². The summed E-state index contributed by atoms with van der Waals surface area (Å²) in [6, 6.07) is 8.67. The van der Waals surface area contributed by atoms with Gasteiger partial charge in [-0.2, -0.15) is 5.10 Å². The number of carbonyl (C=O) groups excluding carboxylic acids is 1. The zero-order valence-corrected chi connectivity index (χ0v) is 20.5. The number of hydrogen-bond donors (Lipinski definition) is 0. The maximum atomic E-state index is 12.1. The molecule has 0 N–H and O–H groups in total. The van der Waals surface area contributed by atoms with Gasteiger partial charge in [0.05, 0.1) is 24.9 Å². The van der Waals surface area contributed by atoms with Crippen LogP contribution in [0.15, 0.2) is 49.1 Å². The van der Waals surface area contributed by atoms with E-state index >= 15 is 0 Å². The Morgan fingerprint density at radius 3 is 2.48 bits per heavy atom. The number of piperazine rings is 1. The molecule has 1 saturated heterocycles. The summed E-state index contributed by atoms with van der Waals surface area (Å²) in [6.07, 6.45) is 7.66. The van der Waals surface area contributed by atoms with Crippen molar-refractivity contribution in [3.05, 3.63) is 71.4 Å².